The number of carbonyl (C=O) groups excluding carboxylic acids is 1. The van der Waals surface area contributed by atoms with Gasteiger partial charge in [0.2, 0.25) is 0 Å². The summed E-state index contributed by atoms with van der Waals surface area (Å²) >= 11 is 1.54. The molecule has 0 aliphatic heterocycles. The van der Waals surface area contributed by atoms with Gasteiger partial charge in [-0.25, -0.2) is 13.2 Å². The molecule has 0 heterocycles. The molecule has 0 atom stereocenters. The van der Waals surface area contributed by atoms with Gasteiger partial charge in [-0.2, -0.15) is 0 Å². The number of nitrogens with one attached hydrogen (secondary N) is 1. The maximum absolute atomic E-state index is 12.5. The molecule has 7 heteroatoms. The highest BCUT2D eigenvalue weighted by molar-refractivity contribution is 7.98. The van der Waals surface area contributed by atoms with Crippen LogP contribution in [0.25, 0.3) is 0 Å². The zero-order chi connectivity index (χ0) is 17.0. The summed E-state index contributed by atoms with van der Waals surface area (Å²) in [6.45, 7) is 1.76. The van der Waals surface area contributed by atoms with Gasteiger partial charge >= 0.3 is 5.97 Å². The summed E-state index contributed by atoms with van der Waals surface area (Å²) in [4.78, 5) is 12.7. The molecular formula is C16H17NO4S2. The Kier molecular flexibility index (Phi) is 5.33. The molecule has 0 unspecified atom stereocenters. The van der Waals surface area contributed by atoms with Crippen molar-refractivity contribution in [2.45, 2.75) is 16.7 Å². The fourth-order valence-corrected chi connectivity index (χ4v) is 3.47. The minimum Gasteiger partial charge on any atom is -0.465 e. The molecule has 0 fully saturated rings. The van der Waals surface area contributed by atoms with E-state index in [4.69, 9.17) is 0 Å². The topological polar surface area (TPSA) is 72.5 Å². The highest BCUT2D eigenvalue weighted by Crippen LogP contribution is 2.23. The number of hydrogen-bond donors (Lipinski definition) is 1. The second-order valence-electron chi connectivity index (χ2n) is 4.80. The van der Waals surface area contributed by atoms with Gasteiger partial charge in [-0.05, 0) is 55.1 Å². The van der Waals surface area contributed by atoms with E-state index in [0.29, 0.717) is 11.3 Å². The number of thioether (sulfide) groups is 1. The van der Waals surface area contributed by atoms with Crippen molar-refractivity contribution in [1.82, 2.24) is 0 Å². The van der Waals surface area contributed by atoms with Crippen molar-refractivity contribution in [3.8, 4) is 0 Å². The van der Waals surface area contributed by atoms with Crippen molar-refractivity contribution >= 4 is 33.4 Å². The highest BCUT2D eigenvalue weighted by atomic mass is 32.2. The number of aryl methyl sites for hydroxylation is 1. The Morgan fingerprint density at radius 2 is 1.78 bits per heavy atom. The Hall–Kier alpha value is -1.99. The Balaban J connectivity index is 2.34. The third kappa shape index (κ3) is 4.05. The van der Waals surface area contributed by atoms with Crippen molar-refractivity contribution in [2.75, 3.05) is 18.1 Å². The zero-order valence-corrected chi connectivity index (χ0v) is 14.6. The van der Waals surface area contributed by atoms with Crippen LogP contribution in [0.2, 0.25) is 0 Å². The lowest BCUT2D eigenvalue weighted by atomic mass is 10.1. The third-order valence-corrected chi connectivity index (χ3v) is 5.40. The van der Waals surface area contributed by atoms with Crippen LogP contribution in [-0.4, -0.2) is 27.8 Å². The van der Waals surface area contributed by atoms with Gasteiger partial charge in [-0.15, -0.1) is 11.8 Å². The maximum Gasteiger partial charge on any atom is 0.337 e. The van der Waals surface area contributed by atoms with Crippen LogP contribution in [0, 0.1) is 6.92 Å². The summed E-state index contributed by atoms with van der Waals surface area (Å²) in [6.07, 6.45) is 1.92. The number of sulfonamides is 1. The SMILES string of the molecule is COC(=O)c1ccc(C)c(NS(=O)(=O)c2ccc(SC)cc2)c1. The van der Waals surface area contributed by atoms with Gasteiger partial charge < -0.3 is 4.74 Å². The lowest BCUT2D eigenvalue weighted by Gasteiger charge is -2.12. The van der Waals surface area contributed by atoms with Gasteiger partial charge in [0.05, 0.1) is 23.3 Å². The van der Waals surface area contributed by atoms with Crippen molar-refractivity contribution in [3.63, 3.8) is 0 Å². The Morgan fingerprint density at radius 3 is 2.35 bits per heavy atom. The molecule has 0 aliphatic rings. The van der Waals surface area contributed by atoms with Crippen LogP contribution in [0.15, 0.2) is 52.3 Å². The molecule has 1 N–H and O–H groups in total. The predicted octanol–water partition coefficient (Wildman–Crippen LogP) is 3.30. The average Bonchev–Trinajstić information content (AvgIpc) is 2.56. The van der Waals surface area contributed by atoms with Gasteiger partial charge in [-0.3, -0.25) is 4.72 Å². The Morgan fingerprint density at radius 1 is 1.13 bits per heavy atom. The van der Waals surface area contributed by atoms with E-state index in [1.54, 1.807) is 43.3 Å². The van der Waals surface area contributed by atoms with E-state index in [1.165, 1.54) is 24.9 Å². The van der Waals surface area contributed by atoms with Gasteiger partial charge in [-0.1, -0.05) is 6.07 Å². The lowest BCUT2D eigenvalue weighted by molar-refractivity contribution is 0.0601. The summed E-state index contributed by atoms with van der Waals surface area (Å²) in [7, 11) is -2.44. The van der Waals surface area contributed by atoms with Crippen LogP contribution in [0.3, 0.4) is 0 Å². The molecule has 0 aliphatic carbocycles. The van der Waals surface area contributed by atoms with Gasteiger partial charge in [0.25, 0.3) is 10.0 Å². The Bertz CT molecular complexity index is 814. The first-order valence-electron chi connectivity index (χ1n) is 6.73. The molecule has 0 amide bonds. The first-order chi connectivity index (χ1) is 10.9. The van der Waals surface area contributed by atoms with Crippen LogP contribution in [-0.2, 0) is 14.8 Å². The van der Waals surface area contributed by atoms with Gasteiger partial charge in [0, 0.05) is 4.90 Å². The zero-order valence-electron chi connectivity index (χ0n) is 13.0. The van der Waals surface area contributed by atoms with Crippen LogP contribution in [0.5, 0.6) is 0 Å². The molecule has 2 aromatic rings. The van der Waals surface area contributed by atoms with Crippen LogP contribution in [0.4, 0.5) is 5.69 Å². The first-order valence-corrected chi connectivity index (χ1v) is 9.44. The maximum atomic E-state index is 12.5. The van der Waals surface area contributed by atoms with Crippen molar-refractivity contribution in [1.29, 1.82) is 0 Å². The number of rotatable bonds is 5. The lowest BCUT2D eigenvalue weighted by Crippen LogP contribution is -2.14. The molecule has 0 radical (unpaired) electrons. The van der Waals surface area contributed by atoms with Crippen molar-refractivity contribution in [2.24, 2.45) is 0 Å². The number of benzene rings is 2. The second-order valence-corrected chi connectivity index (χ2v) is 7.36. The second kappa shape index (κ2) is 7.06. The molecule has 0 spiro atoms. The van der Waals surface area contributed by atoms with Crippen molar-refractivity contribution in [3.05, 3.63) is 53.6 Å². The molecule has 2 rings (SSSR count). The standard InChI is InChI=1S/C16H17NO4S2/c1-11-4-5-12(16(18)21-2)10-15(11)17-23(19,20)14-8-6-13(22-3)7-9-14/h4-10,17H,1-3H3. The van der Waals surface area contributed by atoms with Crippen LogP contribution < -0.4 is 4.72 Å². The van der Waals surface area contributed by atoms with E-state index < -0.39 is 16.0 Å². The van der Waals surface area contributed by atoms with Crippen molar-refractivity contribution < 1.29 is 17.9 Å². The molecule has 23 heavy (non-hydrogen) atoms. The minimum atomic E-state index is -3.72. The van der Waals surface area contributed by atoms with E-state index in [-0.39, 0.29) is 10.5 Å². The fraction of sp³-hybridized carbons (Fsp3) is 0.188. The Labute approximate surface area is 140 Å². The van der Waals surface area contributed by atoms with Crippen LogP contribution >= 0.6 is 11.8 Å². The number of methoxy groups -OCH3 is 1. The quantitative estimate of drug-likeness (QED) is 0.661. The molecule has 0 aromatic heterocycles. The smallest absolute Gasteiger partial charge is 0.337 e. The third-order valence-electron chi connectivity index (χ3n) is 3.27. The minimum absolute atomic E-state index is 0.165. The largest absolute Gasteiger partial charge is 0.465 e. The van der Waals surface area contributed by atoms with Gasteiger partial charge in [0.1, 0.15) is 0 Å². The summed E-state index contributed by atoms with van der Waals surface area (Å²) < 4.78 is 32.1. The molecule has 122 valence electrons. The normalized spacial score (nSPS) is 11.1. The summed E-state index contributed by atoms with van der Waals surface area (Å²) in [6, 6.07) is 11.3. The fourth-order valence-electron chi connectivity index (χ4n) is 1.94. The average molecular weight is 351 g/mol. The first kappa shape index (κ1) is 17.4. The number of ether oxygens (including phenoxy) is 1. The van der Waals surface area contributed by atoms with E-state index >= 15 is 0 Å². The molecule has 0 bridgehead atoms. The molecular weight excluding hydrogens is 334 g/mol. The van der Waals surface area contributed by atoms with Crippen LogP contribution in [0.1, 0.15) is 15.9 Å². The molecule has 5 nitrogen and oxygen atoms in total. The molecule has 0 saturated carbocycles. The highest BCUT2D eigenvalue weighted by Gasteiger charge is 2.16. The number of hydrogen-bond acceptors (Lipinski definition) is 5. The summed E-state index contributed by atoms with van der Waals surface area (Å²) in [5.41, 5.74) is 1.34. The van der Waals surface area contributed by atoms with E-state index in [9.17, 15) is 13.2 Å². The van der Waals surface area contributed by atoms with E-state index in [0.717, 1.165) is 4.90 Å². The number of esters is 1. The number of anilines is 1. The van der Waals surface area contributed by atoms with Gasteiger partial charge in [0.15, 0.2) is 0 Å². The summed E-state index contributed by atoms with van der Waals surface area (Å²) in [5, 5.41) is 0. The number of carbonyl (C=O) groups is 1. The molecule has 2 aromatic carbocycles. The monoisotopic (exact) mass is 351 g/mol. The summed E-state index contributed by atoms with van der Waals surface area (Å²) in [5.74, 6) is -0.519. The predicted molar refractivity (Wildman–Crippen MR) is 91.6 cm³/mol. The molecule has 0 saturated heterocycles. The van der Waals surface area contributed by atoms with E-state index in [1.807, 2.05) is 6.26 Å². The van der Waals surface area contributed by atoms with E-state index in [2.05, 4.69) is 9.46 Å².